The maximum absolute atomic E-state index is 12.4. The highest BCUT2D eigenvalue weighted by atomic mass is 32.2. The van der Waals surface area contributed by atoms with E-state index < -0.39 is 10.0 Å². The summed E-state index contributed by atoms with van der Waals surface area (Å²) < 4.78 is 26.2. The van der Waals surface area contributed by atoms with Gasteiger partial charge in [0.05, 0.1) is 5.75 Å². The van der Waals surface area contributed by atoms with E-state index in [9.17, 15) is 8.42 Å². The van der Waals surface area contributed by atoms with Crippen LogP contribution in [-0.4, -0.2) is 51.4 Å². The number of hydrogen-bond acceptors (Lipinski definition) is 4. The monoisotopic (exact) mass is 297 g/mol. The minimum atomic E-state index is -3.28. The van der Waals surface area contributed by atoms with Crippen LogP contribution in [0.3, 0.4) is 0 Å². The Balaban J connectivity index is 1.98. The van der Waals surface area contributed by atoms with Gasteiger partial charge in [-0.25, -0.2) is 12.7 Å². The van der Waals surface area contributed by atoms with Gasteiger partial charge in [-0.3, -0.25) is 0 Å². The van der Waals surface area contributed by atoms with E-state index >= 15 is 0 Å². The Morgan fingerprint density at radius 3 is 2.80 bits per heavy atom. The van der Waals surface area contributed by atoms with E-state index in [0.29, 0.717) is 18.2 Å². The molecule has 1 saturated heterocycles. The van der Waals surface area contributed by atoms with Crippen molar-refractivity contribution in [2.24, 2.45) is 5.92 Å². The Hall–Kier alpha value is -1.11. The number of hydrogen-bond donors (Lipinski definition) is 1. The number of nitrogens with zero attached hydrogens (tertiary/aromatic N) is 2. The predicted molar refractivity (Wildman–Crippen MR) is 81.7 cm³/mol. The van der Waals surface area contributed by atoms with Crippen molar-refractivity contribution < 1.29 is 8.42 Å². The van der Waals surface area contributed by atoms with Gasteiger partial charge in [0.15, 0.2) is 0 Å². The molecule has 1 aromatic carbocycles. The smallest absolute Gasteiger partial charge is 0.218 e. The number of likely N-dealkylation sites (tertiary alicyclic amines) is 1. The first-order valence-corrected chi connectivity index (χ1v) is 8.45. The minimum absolute atomic E-state index is 0.0110. The van der Waals surface area contributed by atoms with Crippen LogP contribution in [-0.2, 0) is 15.8 Å². The molecule has 1 aliphatic heterocycles. The molecule has 0 spiro atoms. The fraction of sp³-hybridized carbons (Fsp3) is 0.571. The number of benzene rings is 1. The molecule has 1 fully saturated rings. The number of nitrogen functional groups attached to an aromatic ring is 1. The van der Waals surface area contributed by atoms with Crippen molar-refractivity contribution in [1.82, 2.24) is 9.21 Å². The third kappa shape index (κ3) is 3.94. The van der Waals surface area contributed by atoms with Crippen LogP contribution < -0.4 is 5.73 Å². The van der Waals surface area contributed by atoms with Crippen molar-refractivity contribution in [2.45, 2.75) is 12.2 Å². The van der Waals surface area contributed by atoms with Crippen LogP contribution in [0, 0.1) is 5.92 Å². The molecule has 5 nitrogen and oxygen atoms in total. The zero-order valence-corrected chi connectivity index (χ0v) is 12.9. The Morgan fingerprint density at radius 2 is 2.20 bits per heavy atom. The van der Waals surface area contributed by atoms with Crippen LogP contribution in [0.2, 0.25) is 0 Å². The van der Waals surface area contributed by atoms with Gasteiger partial charge in [0, 0.05) is 25.8 Å². The molecule has 0 radical (unpaired) electrons. The number of anilines is 1. The molecule has 0 saturated carbocycles. The van der Waals surface area contributed by atoms with Gasteiger partial charge in [-0.15, -0.1) is 0 Å². The standard InChI is InChI=1S/C14H23N3O2S/c1-16-7-6-13(9-16)10-17(2)20(18,19)11-12-4-3-5-14(15)8-12/h3-5,8,13H,6-7,9-11,15H2,1-2H3. The van der Waals surface area contributed by atoms with Crippen molar-refractivity contribution in [3.05, 3.63) is 29.8 Å². The van der Waals surface area contributed by atoms with Crippen LogP contribution >= 0.6 is 0 Å². The molecule has 6 heteroatoms. The zero-order valence-electron chi connectivity index (χ0n) is 12.1. The van der Waals surface area contributed by atoms with E-state index in [2.05, 4.69) is 11.9 Å². The lowest BCUT2D eigenvalue weighted by atomic mass is 10.1. The van der Waals surface area contributed by atoms with E-state index in [-0.39, 0.29) is 5.75 Å². The van der Waals surface area contributed by atoms with Gasteiger partial charge in [-0.1, -0.05) is 12.1 Å². The first-order chi connectivity index (χ1) is 9.37. The van der Waals surface area contributed by atoms with Crippen molar-refractivity contribution in [2.75, 3.05) is 39.5 Å². The molecule has 0 aliphatic carbocycles. The van der Waals surface area contributed by atoms with E-state index in [1.54, 1.807) is 31.3 Å². The molecular weight excluding hydrogens is 274 g/mol. The van der Waals surface area contributed by atoms with Gasteiger partial charge in [0.25, 0.3) is 0 Å². The summed E-state index contributed by atoms with van der Waals surface area (Å²) >= 11 is 0. The fourth-order valence-corrected chi connectivity index (χ4v) is 3.92. The molecule has 1 unspecified atom stereocenters. The Bertz CT molecular complexity index is 559. The summed E-state index contributed by atoms with van der Waals surface area (Å²) in [5, 5.41) is 0. The first-order valence-electron chi connectivity index (χ1n) is 6.84. The summed E-state index contributed by atoms with van der Waals surface area (Å²) in [5.41, 5.74) is 7.02. The van der Waals surface area contributed by atoms with Gasteiger partial charge in [-0.05, 0) is 43.6 Å². The Morgan fingerprint density at radius 1 is 1.45 bits per heavy atom. The third-order valence-corrected chi connectivity index (χ3v) is 5.58. The molecule has 2 N–H and O–H groups in total. The molecule has 2 rings (SSSR count). The van der Waals surface area contributed by atoms with Crippen molar-refractivity contribution in [3.8, 4) is 0 Å². The zero-order chi connectivity index (χ0) is 14.8. The van der Waals surface area contributed by atoms with Crippen molar-refractivity contribution in [3.63, 3.8) is 0 Å². The lowest BCUT2D eigenvalue weighted by Crippen LogP contribution is -2.33. The molecule has 1 heterocycles. The van der Waals surface area contributed by atoms with Crippen molar-refractivity contribution >= 4 is 15.7 Å². The number of rotatable bonds is 5. The summed E-state index contributed by atoms with van der Waals surface area (Å²) in [6.07, 6.45) is 1.06. The van der Waals surface area contributed by atoms with Gasteiger partial charge < -0.3 is 10.6 Å². The van der Waals surface area contributed by atoms with Crippen LogP contribution in [0.4, 0.5) is 5.69 Å². The SMILES string of the molecule is CN1CCC(CN(C)S(=O)(=O)Cc2cccc(N)c2)C1. The average molecular weight is 297 g/mol. The normalized spacial score (nSPS) is 20.6. The highest BCUT2D eigenvalue weighted by Gasteiger charge is 2.26. The number of nitrogens with two attached hydrogens (primary N) is 1. The van der Waals surface area contributed by atoms with Crippen LogP contribution in [0.25, 0.3) is 0 Å². The maximum Gasteiger partial charge on any atom is 0.218 e. The van der Waals surface area contributed by atoms with Crippen LogP contribution in [0.15, 0.2) is 24.3 Å². The predicted octanol–water partition coefficient (Wildman–Crippen LogP) is 0.982. The summed E-state index contributed by atoms with van der Waals surface area (Å²) in [7, 11) is 0.462. The quantitative estimate of drug-likeness (QED) is 0.823. The summed E-state index contributed by atoms with van der Waals surface area (Å²) in [4.78, 5) is 2.24. The van der Waals surface area contributed by atoms with E-state index in [1.807, 2.05) is 0 Å². The molecule has 1 atom stereocenters. The summed E-state index contributed by atoms with van der Waals surface area (Å²) in [6.45, 7) is 2.61. The molecule has 20 heavy (non-hydrogen) atoms. The van der Waals surface area contributed by atoms with Crippen LogP contribution in [0.5, 0.6) is 0 Å². The summed E-state index contributed by atoms with van der Waals surface area (Å²) in [6, 6.07) is 7.06. The molecule has 1 aliphatic rings. The maximum atomic E-state index is 12.4. The molecule has 0 bridgehead atoms. The molecule has 1 aromatic rings. The lowest BCUT2D eigenvalue weighted by molar-refractivity contribution is 0.356. The number of sulfonamides is 1. The first kappa shape index (κ1) is 15.3. The largest absolute Gasteiger partial charge is 0.399 e. The second-order valence-corrected chi connectivity index (χ2v) is 7.77. The molecule has 0 amide bonds. The third-order valence-electron chi connectivity index (χ3n) is 3.78. The van der Waals surface area contributed by atoms with E-state index in [0.717, 1.165) is 25.1 Å². The Kier molecular flexibility index (Phi) is 4.67. The molecule has 0 aromatic heterocycles. The van der Waals surface area contributed by atoms with Gasteiger partial charge >= 0.3 is 0 Å². The fourth-order valence-electron chi connectivity index (χ4n) is 2.66. The van der Waals surface area contributed by atoms with Crippen molar-refractivity contribution in [1.29, 1.82) is 0 Å². The van der Waals surface area contributed by atoms with E-state index in [1.165, 1.54) is 4.31 Å². The highest BCUT2D eigenvalue weighted by molar-refractivity contribution is 7.88. The lowest BCUT2D eigenvalue weighted by Gasteiger charge is -2.21. The molecule has 112 valence electrons. The van der Waals surface area contributed by atoms with Gasteiger partial charge in [0.2, 0.25) is 10.0 Å². The second kappa shape index (κ2) is 6.11. The topological polar surface area (TPSA) is 66.6 Å². The Labute approximate surface area is 121 Å². The summed E-state index contributed by atoms with van der Waals surface area (Å²) in [5.74, 6) is 0.442. The molecular formula is C14H23N3O2S. The minimum Gasteiger partial charge on any atom is -0.399 e. The van der Waals surface area contributed by atoms with Crippen LogP contribution in [0.1, 0.15) is 12.0 Å². The second-order valence-electron chi connectivity index (χ2n) is 5.70. The highest BCUT2D eigenvalue weighted by Crippen LogP contribution is 2.18. The van der Waals surface area contributed by atoms with E-state index in [4.69, 9.17) is 5.73 Å². The van der Waals surface area contributed by atoms with Gasteiger partial charge in [-0.2, -0.15) is 0 Å². The van der Waals surface area contributed by atoms with Gasteiger partial charge in [0.1, 0.15) is 0 Å². The average Bonchev–Trinajstić information content (AvgIpc) is 2.74.